The molecular weight excluding hydrogens is 639 g/mol. The lowest BCUT2D eigenvalue weighted by Crippen LogP contribution is -2.54. The lowest BCUT2D eigenvalue weighted by molar-refractivity contribution is -0.122. The molecule has 1 heterocycles. The van der Waals surface area contributed by atoms with Crippen LogP contribution in [0.15, 0.2) is 64.6 Å². The number of nitrogens with one attached hydrogen (secondary N) is 1. The number of methoxy groups -OCH3 is 1. The minimum absolute atomic E-state index is 0.156. The van der Waals surface area contributed by atoms with E-state index in [4.69, 9.17) is 9.47 Å². The summed E-state index contributed by atoms with van der Waals surface area (Å²) in [6, 6.07) is 15.9. The number of carbonyl (C=O) groups is 3. The number of carbonyl (C=O) groups excluding carboxylic acids is 3. The molecule has 9 heteroatoms. The third-order valence-electron chi connectivity index (χ3n) is 5.57. The molecule has 4 amide bonds. The zero-order valence-electron chi connectivity index (χ0n) is 19.7. The Morgan fingerprint density at radius 3 is 2.44 bits per heavy atom. The van der Waals surface area contributed by atoms with Crippen LogP contribution in [-0.4, -0.2) is 25.0 Å². The summed E-state index contributed by atoms with van der Waals surface area (Å²) in [5.41, 5.74) is 3.44. The number of anilines is 1. The number of urea groups is 1. The number of ether oxygens (including phenoxy) is 2. The van der Waals surface area contributed by atoms with Crippen molar-refractivity contribution >= 4 is 68.1 Å². The van der Waals surface area contributed by atoms with Gasteiger partial charge in [-0.25, -0.2) is 9.69 Å². The molecule has 0 radical (unpaired) electrons. The van der Waals surface area contributed by atoms with E-state index in [-0.39, 0.29) is 5.57 Å². The van der Waals surface area contributed by atoms with Crippen molar-refractivity contribution in [1.82, 2.24) is 5.32 Å². The van der Waals surface area contributed by atoms with Crippen LogP contribution in [-0.2, 0) is 16.2 Å². The standard InChI is InChI=1S/C27H22BrIN2O5/c1-15-4-5-16(2)22(10-15)31-26(33)20(25(32)30-27(31)34)11-18-12-21(29)24(23(13-18)35-3)36-14-17-6-8-19(28)9-7-17/h4-13H,14H2,1-3H3,(H,30,32,34)/b20-11+. The summed E-state index contributed by atoms with van der Waals surface area (Å²) < 4.78 is 13.3. The molecule has 3 aromatic carbocycles. The number of hydrogen-bond acceptors (Lipinski definition) is 5. The Morgan fingerprint density at radius 1 is 1.03 bits per heavy atom. The first-order valence-electron chi connectivity index (χ1n) is 10.9. The van der Waals surface area contributed by atoms with Crippen LogP contribution in [0.2, 0.25) is 0 Å². The molecule has 0 aromatic heterocycles. The van der Waals surface area contributed by atoms with Crippen molar-refractivity contribution in [3.8, 4) is 11.5 Å². The number of halogens is 2. The van der Waals surface area contributed by atoms with Gasteiger partial charge in [0.15, 0.2) is 11.5 Å². The normalized spacial score (nSPS) is 14.8. The number of benzene rings is 3. The summed E-state index contributed by atoms with van der Waals surface area (Å²) in [5, 5.41) is 2.27. The first kappa shape index (κ1) is 25.9. The summed E-state index contributed by atoms with van der Waals surface area (Å²) in [6.45, 7) is 4.01. The second kappa shape index (κ2) is 10.8. The van der Waals surface area contributed by atoms with E-state index >= 15 is 0 Å². The van der Waals surface area contributed by atoms with E-state index in [1.165, 1.54) is 13.2 Å². The quantitative estimate of drug-likeness (QED) is 0.202. The predicted octanol–water partition coefficient (Wildman–Crippen LogP) is 5.92. The second-order valence-corrected chi connectivity index (χ2v) is 10.3. The Hall–Kier alpha value is -3.18. The first-order chi connectivity index (χ1) is 17.2. The van der Waals surface area contributed by atoms with Gasteiger partial charge in [-0.2, -0.15) is 0 Å². The number of aryl methyl sites for hydroxylation is 2. The number of rotatable bonds is 6. The Kier molecular flexibility index (Phi) is 7.79. The molecule has 0 atom stereocenters. The fourth-order valence-electron chi connectivity index (χ4n) is 3.70. The zero-order valence-corrected chi connectivity index (χ0v) is 23.5. The van der Waals surface area contributed by atoms with Gasteiger partial charge < -0.3 is 9.47 Å². The molecule has 1 saturated heterocycles. The van der Waals surface area contributed by atoms with Gasteiger partial charge in [0.1, 0.15) is 12.2 Å². The van der Waals surface area contributed by atoms with E-state index in [0.717, 1.165) is 29.6 Å². The van der Waals surface area contributed by atoms with Crippen LogP contribution < -0.4 is 19.7 Å². The molecule has 3 aromatic rings. The average Bonchev–Trinajstić information content (AvgIpc) is 2.84. The molecule has 1 aliphatic rings. The van der Waals surface area contributed by atoms with Gasteiger partial charge in [-0.15, -0.1) is 0 Å². The lowest BCUT2D eigenvalue weighted by atomic mass is 10.0. The molecule has 1 fully saturated rings. The Morgan fingerprint density at radius 2 is 1.75 bits per heavy atom. The minimum Gasteiger partial charge on any atom is -0.493 e. The van der Waals surface area contributed by atoms with Crippen LogP contribution in [0.5, 0.6) is 11.5 Å². The fraction of sp³-hybridized carbons (Fsp3) is 0.148. The molecule has 0 unspecified atom stereocenters. The highest BCUT2D eigenvalue weighted by Crippen LogP contribution is 2.36. The molecular formula is C27H22BrIN2O5. The van der Waals surface area contributed by atoms with Gasteiger partial charge in [-0.05, 0) is 95.1 Å². The van der Waals surface area contributed by atoms with E-state index < -0.39 is 17.8 Å². The maximum atomic E-state index is 13.3. The SMILES string of the molecule is COc1cc(/C=C2\C(=O)NC(=O)N(c3cc(C)ccc3C)C2=O)cc(I)c1OCc1ccc(Br)cc1. The van der Waals surface area contributed by atoms with E-state index in [1.54, 1.807) is 25.1 Å². The van der Waals surface area contributed by atoms with Gasteiger partial charge in [0.25, 0.3) is 11.8 Å². The summed E-state index contributed by atoms with van der Waals surface area (Å²) in [5.74, 6) is -0.440. The molecule has 184 valence electrons. The average molecular weight is 661 g/mol. The molecule has 36 heavy (non-hydrogen) atoms. The Balaban J connectivity index is 1.66. The van der Waals surface area contributed by atoms with Crippen molar-refractivity contribution in [3.63, 3.8) is 0 Å². The topological polar surface area (TPSA) is 84.9 Å². The minimum atomic E-state index is -0.778. The molecule has 0 spiro atoms. The highest BCUT2D eigenvalue weighted by Gasteiger charge is 2.37. The molecule has 1 N–H and O–H groups in total. The third kappa shape index (κ3) is 5.46. The fourth-order valence-corrected chi connectivity index (χ4v) is 4.75. The van der Waals surface area contributed by atoms with Gasteiger partial charge >= 0.3 is 6.03 Å². The molecule has 0 bridgehead atoms. The van der Waals surface area contributed by atoms with Crippen LogP contribution in [0.25, 0.3) is 6.08 Å². The Labute approximate surface area is 230 Å². The first-order valence-corrected chi connectivity index (χ1v) is 12.8. The zero-order chi connectivity index (χ0) is 26.0. The van der Waals surface area contributed by atoms with Crippen LogP contribution in [0.3, 0.4) is 0 Å². The van der Waals surface area contributed by atoms with Crippen LogP contribution in [0, 0.1) is 17.4 Å². The van der Waals surface area contributed by atoms with Crippen molar-refractivity contribution in [3.05, 3.63) is 90.5 Å². The van der Waals surface area contributed by atoms with Crippen LogP contribution in [0.1, 0.15) is 22.3 Å². The highest BCUT2D eigenvalue weighted by atomic mass is 127. The summed E-state index contributed by atoms with van der Waals surface area (Å²) in [7, 11) is 1.52. The maximum Gasteiger partial charge on any atom is 0.335 e. The smallest absolute Gasteiger partial charge is 0.335 e. The van der Waals surface area contributed by atoms with E-state index in [9.17, 15) is 14.4 Å². The van der Waals surface area contributed by atoms with Crippen molar-refractivity contribution in [2.24, 2.45) is 0 Å². The van der Waals surface area contributed by atoms with E-state index in [2.05, 4.69) is 43.8 Å². The van der Waals surface area contributed by atoms with Gasteiger partial charge in [0.2, 0.25) is 0 Å². The number of nitrogens with zero attached hydrogens (tertiary/aromatic N) is 1. The van der Waals surface area contributed by atoms with E-state index in [0.29, 0.717) is 29.4 Å². The third-order valence-corrected chi connectivity index (χ3v) is 6.90. The molecule has 0 aliphatic carbocycles. The summed E-state index contributed by atoms with van der Waals surface area (Å²) in [6.07, 6.45) is 1.45. The van der Waals surface area contributed by atoms with E-state index in [1.807, 2.05) is 43.3 Å². The van der Waals surface area contributed by atoms with Gasteiger partial charge in [-0.1, -0.05) is 40.2 Å². The number of barbiturate groups is 1. The number of imide groups is 2. The van der Waals surface area contributed by atoms with Crippen molar-refractivity contribution in [2.75, 3.05) is 12.0 Å². The van der Waals surface area contributed by atoms with Crippen molar-refractivity contribution in [2.45, 2.75) is 20.5 Å². The van der Waals surface area contributed by atoms with Crippen LogP contribution in [0.4, 0.5) is 10.5 Å². The van der Waals surface area contributed by atoms with Gasteiger partial charge in [0, 0.05) is 4.47 Å². The summed E-state index contributed by atoms with van der Waals surface area (Å²) >= 11 is 5.54. The lowest BCUT2D eigenvalue weighted by Gasteiger charge is -2.28. The molecule has 1 aliphatic heterocycles. The van der Waals surface area contributed by atoms with Crippen molar-refractivity contribution < 1.29 is 23.9 Å². The molecule has 4 rings (SSSR count). The van der Waals surface area contributed by atoms with Gasteiger partial charge in [0.05, 0.1) is 16.4 Å². The second-order valence-electron chi connectivity index (χ2n) is 8.20. The maximum absolute atomic E-state index is 13.3. The van der Waals surface area contributed by atoms with Gasteiger partial charge in [-0.3, -0.25) is 14.9 Å². The summed E-state index contributed by atoms with van der Waals surface area (Å²) in [4.78, 5) is 39.5. The highest BCUT2D eigenvalue weighted by molar-refractivity contribution is 14.1. The largest absolute Gasteiger partial charge is 0.493 e. The molecule has 0 saturated carbocycles. The Bertz CT molecular complexity index is 1400. The number of amides is 4. The van der Waals surface area contributed by atoms with Crippen molar-refractivity contribution in [1.29, 1.82) is 0 Å². The van der Waals surface area contributed by atoms with Crippen LogP contribution >= 0.6 is 38.5 Å². The molecule has 7 nitrogen and oxygen atoms in total. The monoisotopic (exact) mass is 660 g/mol. The predicted molar refractivity (Wildman–Crippen MR) is 149 cm³/mol. The number of hydrogen-bond donors (Lipinski definition) is 1.